The zero-order valence-corrected chi connectivity index (χ0v) is 12.8. The van der Waals surface area contributed by atoms with Gasteiger partial charge in [-0.15, -0.1) is 0 Å². The van der Waals surface area contributed by atoms with Crippen molar-refractivity contribution in [1.82, 2.24) is 4.98 Å². The molecule has 0 bridgehead atoms. The number of hydrogen-bond acceptors (Lipinski definition) is 3. The third-order valence-electron chi connectivity index (χ3n) is 2.92. The molecule has 0 fully saturated rings. The van der Waals surface area contributed by atoms with E-state index in [1.165, 1.54) is 0 Å². The first kappa shape index (κ1) is 14.7. The third kappa shape index (κ3) is 3.65. The summed E-state index contributed by atoms with van der Waals surface area (Å²) in [5, 5.41) is 2.90. The van der Waals surface area contributed by atoms with Crippen molar-refractivity contribution in [1.29, 1.82) is 0 Å². The summed E-state index contributed by atoms with van der Waals surface area (Å²) >= 11 is 3.40. The summed E-state index contributed by atoms with van der Waals surface area (Å²) in [7, 11) is 0. The summed E-state index contributed by atoms with van der Waals surface area (Å²) in [4.78, 5) is 16.4. The number of halogens is 1. The quantitative estimate of drug-likeness (QED) is 0.903. The van der Waals surface area contributed by atoms with Crippen molar-refractivity contribution in [2.45, 2.75) is 13.3 Å². The first-order valence-corrected chi connectivity index (χ1v) is 7.12. The van der Waals surface area contributed by atoms with Crippen molar-refractivity contribution in [2.24, 2.45) is 5.73 Å². The highest BCUT2D eigenvalue weighted by molar-refractivity contribution is 9.10. The van der Waals surface area contributed by atoms with Gasteiger partial charge in [0.05, 0.1) is 0 Å². The molecule has 0 saturated heterocycles. The monoisotopic (exact) mass is 333 g/mol. The number of nitrogens with two attached hydrogens (primary N) is 1. The van der Waals surface area contributed by atoms with Gasteiger partial charge in [-0.2, -0.15) is 0 Å². The highest BCUT2D eigenvalue weighted by Crippen LogP contribution is 2.20. The normalized spacial score (nSPS) is 10.3. The Morgan fingerprint density at radius 2 is 2.15 bits per heavy atom. The van der Waals surface area contributed by atoms with Gasteiger partial charge >= 0.3 is 0 Å². The van der Waals surface area contributed by atoms with Gasteiger partial charge in [-0.05, 0) is 49.4 Å². The topological polar surface area (TPSA) is 68.0 Å². The van der Waals surface area contributed by atoms with E-state index in [2.05, 4.69) is 26.2 Å². The van der Waals surface area contributed by atoms with Crippen LogP contribution in [0, 0.1) is 6.92 Å². The molecule has 104 valence electrons. The smallest absolute Gasteiger partial charge is 0.255 e. The number of benzene rings is 1. The number of carbonyl (C=O) groups is 1. The van der Waals surface area contributed by atoms with E-state index in [4.69, 9.17) is 5.73 Å². The average molecular weight is 334 g/mol. The maximum atomic E-state index is 12.2. The molecule has 0 atom stereocenters. The van der Waals surface area contributed by atoms with Crippen molar-refractivity contribution in [2.75, 3.05) is 11.9 Å². The molecule has 0 aliphatic rings. The van der Waals surface area contributed by atoms with E-state index in [1.54, 1.807) is 18.3 Å². The van der Waals surface area contributed by atoms with E-state index in [0.717, 1.165) is 21.4 Å². The lowest BCUT2D eigenvalue weighted by atomic mass is 10.1. The van der Waals surface area contributed by atoms with Crippen molar-refractivity contribution < 1.29 is 4.79 Å². The number of nitrogens with one attached hydrogen (secondary N) is 1. The van der Waals surface area contributed by atoms with Crippen molar-refractivity contribution in [3.8, 4) is 0 Å². The molecule has 0 spiro atoms. The molecular formula is C15H16BrN3O. The fourth-order valence-electron chi connectivity index (χ4n) is 1.87. The number of amides is 1. The van der Waals surface area contributed by atoms with Crippen LogP contribution >= 0.6 is 15.9 Å². The van der Waals surface area contributed by atoms with E-state index in [9.17, 15) is 4.79 Å². The molecule has 2 aromatic rings. The van der Waals surface area contributed by atoms with E-state index < -0.39 is 0 Å². The number of hydrogen-bond donors (Lipinski definition) is 2. The van der Waals surface area contributed by atoms with Crippen molar-refractivity contribution >= 4 is 27.5 Å². The van der Waals surface area contributed by atoms with Crippen molar-refractivity contribution in [3.63, 3.8) is 0 Å². The average Bonchev–Trinajstić information content (AvgIpc) is 2.42. The van der Waals surface area contributed by atoms with Crippen LogP contribution in [0.25, 0.3) is 0 Å². The highest BCUT2D eigenvalue weighted by atomic mass is 79.9. The lowest BCUT2D eigenvalue weighted by molar-refractivity contribution is 0.102. The van der Waals surface area contributed by atoms with Gasteiger partial charge in [-0.1, -0.05) is 15.9 Å². The maximum Gasteiger partial charge on any atom is 0.255 e. The lowest BCUT2D eigenvalue weighted by Gasteiger charge is -2.09. The molecule has 0 unspecified atom stereocenters. The van der Waals surface area contributed by atoms with Crippen LogP contribution in [-0.4, -0.2) is 17.4 Å². The van der Waals surface area contributed by atoms with E-state index in [0.29, 0.717) is 18.5 Å². The molecule has 20 heavy (non-hydrogen) atoms. The van der Waals surface area contributed by atoms with Gasteiger partial charge < -0.3 is 11.1 Å². The molecule has 3 N–H and O–H groups in total. The minimum absolute atomic E-state index is 0.143. The number of anilines is 1. The van der Waals surface area contributed by atoms with E-state index in [-0.39, 0.29) is 5.91 Å². The van der Waals surface area contributed by atoms with E-state index in [1.807, 2.05) is 25.1 Å². The number of aryl methyl sites for hydroxylation is 1. The molecule has 0 aliphatic heterocycles. The van der Waals surface area contributed by atoms with Gasteiger partial charge in [0.25, 0.3) is 5.91 Å². The number of carbonyl (C=O) groups excluding carboxylic acids is 1. The minimum atomic E-state index is -0.143. The second-order valence-corrected chi connectivity index (χ2v) is 5.40. The SMILES string of the molecule is Cc1cc(Br)ccc1NC(=O)c1ccnc(CCN)c1. The van der Waals surface area contributed by atoms with Crippen LogP contribution in [0.5, 0.6) is 0 Å². The number of pyridine rings is 1. The summed E-state index contributed by atoms with van der Waals surface area (Å²) in [6.07, 6.45) is 2.30. The fourth-order valence-corrected chi connectivity index (χ4v) is 2.34. The Labute approximate surface area is 126 Å². The summed E-state index contributed by atoms with van der Waals surface area (Å²) < 4.78 is 0.988. The Balaban J connectivity index is 2.17. The van der Waals surface area contributed by atoms with Crippen LogP contribution in [0.3, 0.4) is 0 Å². The van der Waals surface area contributed by atoms with Crippen LogP contribution in [0.15, 0.2) is 41.0 Å². The molecule has 0 saturated carbocycles. The number of aromatic nitrogens is 1. The van der Waals surface area contributed by atoms with Crippen LogP contribution in [-0.2, 0) is 6.42 Å². The van der Waals surface area contributed by atoms with Gasteiger partial charge in [0.1, 0.15) is 0 Å². The molecule has 1 aromatic carbocycles. The van der Waals surface area contributed by atoms with Crippen LogP contribution in [0.4, 0.5) is 5.69 Å². The standard InChI is InChI=1S/C15H16BrN3O/c1-10-8-12(16)2-3-14(10)19-15(20)11-5-7-18-13(9-11)4-6-17/h2-3,5,7-9H,4,6,17H2,1H3,(H,19,20). The Hall–Kier alpha value is -1.72. The zero-order valence-electron chi connectivity index (χ0n) is 11.2. The molecule has 1 heterocycles. The summed E-state index contributed by atoms with van der Waals surface area (Å²) in [5.41, 5.74) is 8.72. The Kier molecular flexibility index (Phi) is 4.87. The van der Waals surface area contributed by atoms with Gasteiger partial charge in [0, 0.05) is 34.0 Å². The maximum absolute atomic E-state index is 12.2. The van der Waals surface area contributed by atoms with Crippen molar-refractivity contribution in [3.05, 3.63) is 57.8 Å². The van der Waals surface area contributed by atoms with Gasteiger partial charge in [-0.3, -0.25) is 9.78 Å². The molecule has 2 rings (SSSR count). The Morgan fingerprint density at radius 1 is 1.35 bits per heavy atom. The second-order valence-electron chi connectivity index (χ2n) is 4.49. The minimum Gasteiger partial charge on any atom is -0.330 e. The number of nitrogens with zero attached hydrogens (tertiary/aromatic N) is 1. The Morgan fingerprint density at radius 3 is 2.85 bits per heavy atom. The predicted octanol–water partition coefficient (Wildman–Crippen LogP) is 2.91. The summed E-state index contributed by atoms with van der Waals surface area (Å²) in [5.74, 6) is -0.143. The third-order valence-corrected chi connectivity index (χ3v) is 3.41. The summed E-state index contributed by atoms with van der Waals surface area (Å²) in [6.45, 7) is 2.47. The molecule has 1 amide bonds. The molecule has 4 nitrogen and oxygen atoms in total. The zero-order chi connectivity index (χ0) is 14.5. The lowest BCUT2D eigenvalue weighted by Crippen LogP contribution is -2.14. The summed E-state index contributed by atoms with van der Waals surface area (Å²) in [6, 6.07) is 9.20. The van der Waals surface area contributed by atoms with Gasteiger partial charge in [-0.25, -0.2) is 0 Å². The molecule has 0 radical (unpaired) electrons. The molecule has 5 heteroatoms. The van der Waals surface area contributed by atoms with Gasteiger partial charge in [0.15, 0.2) is 0 Å². The number of rotatable bonds is 4. The van der Waals surface area contributed by atoms with Gasteiger partial charge in [0.2, 0.25) is 0 Å². The van der Waals surface area contributed by atoms with Crippen LogP contribution in [0.1, 0.15) is 21.6 Å². The Bertz CT molecular complexity index is 628. The largest absolute Gasteiger partial charge is 0.330 e. The second kappa shape index (κ2) is 6.63. The van der Waals surface area contributed by atoms with Crippen LogP contribution < -0.4 is 11.1 Å². The molecular weight excluding hydrogens is 318 g/mol. The van der Waals surface area contributed by atoms with E-state index >= 15 is 0 Å². The first-order chi connectivity index (χ1) is 9.60. The molecule has 0 aliphatic carbocycles. The highest BCUT2D eigenvalue weighted by Gasteiger charge is 2.09. The predicted molar refractivity (Wildman–Crippen MR) is 83.8 cm³/mol. The first-order valence-electron chi connectivity index (χ1n) is 6.32. The fraction of sp³-hybridized carbons (Fsp3) is 0.200. The molecule has 1 aromatic heterocycles. The van der Waals surface area contributed by atoms with Crippen LogP contribution in [0.2, 0.25) is 0 Å².